The predicted octanol–water partition coefficient (Wildman–Crippen LogP) is 1.50. The molecule has 0 unspecified atom stereocenters. The lowest BCUT2D eigenvalue weighted by molar-refractivity contribution is 0.583. The van der Waals surface area contributed by atoms with Gasteiger partial charge in [0.15, 0.2) is 0 Å². The smallest absolute Gasteiger partial charge is 0.366 e. The first kappa shape index (κ1) is 17.7. The fourth-order valence-electron chi connectivity index (χ4n) is 2.36. The van der Waals surface area contributed by atoms with Crippen molar-refractivity contribution in [3.63, 3.8) is 0 Å². The Hall–Kier alpha value is -3.07. The molecule has 3 aromatic rings. The summed E-state index contributed by atoms with van der Waals surface area (Å²) in [6.07, 6.45) is 0.116. The van der Waals surface area contributed by atoms with Crippen molar-refractivity contribution in [2.24, 2.45) is 0 Å². The Morgan fingerprint density at radius 3 is 2.23 bits per heavy atom. The van der Waals surface area contributed by atoms with Crippen LogP contribution in [0.5, 0.6) is 0 Å². The molecule has 0 bridgehead atoms. The van der Waals surface area contributed by atoms with E-state index in [4.69, 9.17) is 5.73 Å². The zero-order chi connectivity index (χ0) is 18.9. The van der Waals surface area contributed by atoms with Crippen LogP contribution in [0.15, 0.2) is 58.2 Å². The molecule has 0 aliphatic rings. The maximum absolute atomic E-state index is 13.0. The number of rotatable bonds is 4. The molecule has 26 heavy (non-hydrogen) atoms. The molecule has 0 fully saturated rings. The summed E-state index contributed by atoms with van der Waals surface area (Å²) in [6.45, 7) is 1.81. The quantitative estimate of drug-likeness (QED) is 0.741. The first-order valence-electron chi connectivity index (χ1n) is 7.59. The summed E-state index contributed by atoms with van der Waals surface area (Å²) in [6, 6.07) is 11.5. The van der Waals surface area contributed by atoms with Gasteiger partial charge in [0.1, 0.15) is 11.6 Å². The average molecular weight is 374 g/mol. The van der Waals surface area contributed by atoms with Crippen LogP contribution in [-0.4, -0.2) is 22.4 Å². The van der Waals surface area contributed by atoms with E-state index in [2.05, 4.69) is 9.97 Å². The van der Waals surface area contributed by atoms with Gasteiger partial charge in [-0.15, -0.1) is 3.97 Å². The van der Waals surface area contributed by atoms with Crippen molar-refractivity contribution in [1.82, 2.24) is 13.9 Å². The summed E-state index contributed by atoms with van der Waals surface area (Å²) < 4.78 is 38.6. The number of hydrogen-bond donors (Lipinski definition) is 1. The number of nitrogens with zero attached hydrogens (tertiary/aromatic N) is 3. The molecular formula is C17H15FN4O3S. The predicted molar refractivity (Wildman–Crippen MR) is 93.7 cm³/mol. The minimum Gasteiger partial charge on any atom is -0.368 e. The Balaban J connectivity index is 2.01. The first-order valence-corrected chi connectivity index (χ1v) is 9.03. The number of benzene rings is 2. The summed E-state index contributed by atoms with van der Waals surface area (Å²) in [7, 11) is -4.21. The van der Waals surface area contributed by atoms with Gasteiger partial charge >= 0.3 is 5.69 Å². The largest absolute Gasteiger partial charge is 0.368 e. The molecule has 0 saturated carbocycles. The minimum atomic E-state index is -4.21. The number of hydrogen-bond acceptors (Lipinski definition) is 6. The second kappa shape index (κ2) is 6.68. The fraction of sp³-hybridized carbons (Fsp3) is 0.118. The molecule has 1 aromatic heterocycles. The van der Waals surface area contributed by atoms with Crippen molar-refractivity contribution in [3.8, 4) is 0 Å². The molecule has 3 rings (SSSR count). The van der Waals surface area contributed by atoms with Gasteiger partial charge in [0.25, 0.3) is 10.0 Å². The van der Waals surface area contributed by atoms with Crippen LogP contribution < -0.4 is 11.4 Å². The van der Waals surface area contributed by atoms with E-state index in [1.807, 2.05) is 6.92 Å². The molecule has 0 atom stereocenters. The highest BCUT2D eigenvalue weighted by atomic mass is 32.2. The van der Waals surface area contributed by atoms with E-state index < -0.39 is 27.5 Å². The summed E-state index contributed by atoms with van der Waals surface area (Å²) in [4.78, 5) is 19.8. The summed E-state index contributed by atoms with van der Waals surface area (Å²) in [5, 5.41) is 0. The zero-order valence-corrected chi connectivity index (χ0v) is 14.6. The summed E-state index contributed by atoms with van der Waals surface area (Å²) in [5.41, 5.74) is 6.21. The van der Waals surface area contributed by atoms with Crippen LogP contribution in [0.3, 0.4) is 0 Å². The Morgan fingerprint density at radius 1 is 1.04 bits per heavy atom. The maximum Gasteiger partial charge on any atom is 0.366 e. The molecule has 1 heterocycles. The molecule has 0 aliphatic heterocycles. The number of nitrogens with two attached hydrogens (primary N) is 1. The second-order valence-corrected chi connectivity index (χ2v) is 7.45. The van der Waals surface area contributed by atoms with Crippen molar-refractivity contribution in [2.75, 3.05) is 5.73 Å². The number of aryl methyl sites for hydroxylation is 1. The van der Waals surface area contributed by atoms with Crippen LogP contribution in [0.1, 0.15) is 17.0 Å². The third-order valence-electron chi connectivity index (χ3n) is 3.68. The molecule has 2 N–H and O–H groups in total. The number of halogens is 1. The van der Waals surface area contributed by atoms with Gasteiger partial charge in [0.05, 0.1) is 4.90 Å². The van der Waals surface area contributed by atoms with E-state index in [-0.39, 0.29) is 17.1 Å². The van der Waals surface area contributed by atoms with Gasteiger partial charge in [-0.2, -0.15) is 9.97 Å². The standard InChI is InChI=1S/C17H15FN4O3S/c1-11-2-8-14(9-3-11)26(24,25)22-16(19)20-15(21-17(22)23)10-12-4-6-13(18)7-5-12/h2-9H,10H2,1H3,(H2,19,20,21,23). The van der Waals surface area contributed by atoms with Gasteiger partial charge < -0.3 is 5.73 Å². The highest BCUT2D eigenvalue weighted by Gasteiger charge is 2.23. The van der Waals surface area contributed by atoms with Crippen molar-refractivity contribution < 1.29 is 12.8 Å². The van der Waals surface area contributed by atoms with Crippen LogP contribution in [0.4, 0.5) is 10.3 Å². The van der Waals surface area contributed by atoms with E-state index in [1.54, 1.807) is 12.1 Å². The van der Waals surface area contributed by atoms with Crippen LogP contribution in [-0.2, 0) is 16.4 Å². The van der Waals surface area contributed by atoms with E-state index in [0.717, 1.165) is 5.56 Å². The van der Waals surface area contributed by atoms with Crippen LogP contribution in [0.2, 0.25) is 0 Å². The normalized spacial score (nSPS) is 11.5. The average Bonchev–Trinajstić information content (AvgIpc) is 2.56. The Bertz CT molecular complexity index is 1110. The lowest BCUT2D eigenvalue weighted by atomic mass is 10.1. The fourth-order valence-corrected chi connectivity index (χ4v) is 3.59. The van der Waals surface area contributed by atoms with Gasteiger partial charge in [-0.1, -0.05) is 29.8 Å². The molecule has 7 nitrogen and oxygen atoms in total. The van der Waals surface area contributed by atoms with Crippen LogP contribution in [0.25, 0.3) is 0 Å². The molecule has 0 spiro atoms. The zero-order valence-electron chi connectivity index (χ0n) is 13.8. The molecule has 9 heteroatoms. The van der Waals surface area contributed by atoms with Crippen molar-refractivity contribution >= 4 is 16.0 Å². The molecular weight excluding hydrogens is 359 g/mol. The number of aromatic nitrogens is 3. The summed E-state index contributed by atoms with van der Waals surface area (Å²) >= 11 is 0. The maximum atomic E-state index is 13.0. The van der Waals surface area contributed by atoms with Gasteiger partial charge in [-0.05, 0) is 36.8 Å². The van der Waals surface area contributed by atoms with Crippen LogP contribution in [0, 0.1) is 12.7 Å². The topological polar surface area (TPSA) is 108 Å². The van der Waals surface area contributed by atoms with E-state index in [0.29, 0.717) is 9.54 Å². The highest BCUT2D eigenvalue weighted by Crippen LogP contribution is 2.15. The van der Waals surface area contributed by atoms with E-state index >= 15 is 0 Å². The third kappa shape index (κ3) is 3.47. The lowest BCUT2D eigenvalue weighted by Gasteiger charge is -2.10. The van der Waals surface area contributed by atoms with Gasteiger partial charge in [-0.3, -0.25) is 0 Å². The van der Waals surface area contributed by atoms with Crippen molar-refractivity contribution in [3.05, 3.63) is 81.8 Å². The molecule has 0 radical (unpaired) electrons. The van der Waals surface area contributed by atoms with Crippen molar-refractivity contribution in [2.45, 2.75) is 18.2 Å². The Kier molecular flexibility index (Phi) is 4.56. The minimum absolute atomic E-state index is 0.0504. The van der Waals surface area contributed by atoms with Gasteiger partial charge in [0.2, 0.25) is 5.95 Å². The van der Waals surface area contributed by atoms with Gasteiger partial charge in [-0.25, -0.2) is 17.6 Å². The van der Waals surface area contributed by atoms with Crippen LogP contribution >= 0.6 is 0 Å². The van der Waals surface area contributed by atoms with Crippen molar-refractivity contribution in [1.29, 1.82) is 0 Å². The monoisotopic (exact) mass is 374 g/mol. The lowest BCUT2D eigenvalue weighted by Crippen LogP contribution is -2.33. The molecule has 2 aromatic carbocycles. The Morgan fingerprint density at radius 2 is 1.65 bits per heavy atom. The second-order valence-electron chi connectivity index (χ2n) is 5.67. The Labute approximate surface area is 149 Å². The molecule has 0 amide bonds. The van der Waals surface area contributed by atoms with Gasteiger partial charge in [0, 0.05) is 6.42 Å². The molecule has 0 saturated heterocycles. The third-order valence-corrected chi connectivity index (χ3v) is 5.38. The molecule has 0 aliphatic carbocycles. The van der Waals surface area contributed by atoms with E-state index in [9.17, 15) is 17.6 Å². The highest BCUT2D eigenvalue weighted by molar-refractivity contribution is 7.90. The van der Waals surface area contributed by atoms with E-state index in [1.165, 1.54) is 36.4 Å². The molecule has 134 valence electrons. The first-order chi connectivity index (χ1) is 12.3. The number of anilines is 1. The SMILES string of the molecule is Cc1ccc(S(=O)(=O)n2c(N)nc(Cc3ccc(F)cc3)nc2=O)cc1. The summed E-state index contributed by atoms with van der Waals surface area (Å²) in [5.74, 6) is -0.828. The number of nitrogen functional groups attached to an aromatic ring is 1.